The second-order valence-corrected chi connectivity index (χ2v) is 4.33. The Labute approximate surface area is 99.2 Å². The molecule has 4 heteroatoms. The molecule has 0 N–H and O–H groups in total. The van der Waals surface area contributed by atoms with Gasteiger partial charge in [0.15, 0.2) is 0 Å². The van der Waals surface area contributed by atoms with E-state index in [9.17, 15) is 4.79 Å². The molecule has 16 heavy (non-hydrogen) atoms. The maximum atomic E-state index is 11.7. The summed E-state index contributed by atoms with van der Waals surface area (Å²) in [6.07, 6.45) is 1.45. The molecule has 1 aliphatic rings. The first-order valence-corrected chi connectivity index (χ1v) is 5.53. The minimum absolute atomic E-state index is 0.119. The Bertz CT molecular complexity index is 478. The number of carbonyl (C=O) groups is 1. The van der Waals surface area contributed by atoms with Gasteiger partial charge in [0.1, 0.15) is 6.07 Å². The SMILES string of the molecule is C[C@H]1CCC(=O)N1c1ccc(C#N)c(Cl)c1. The average molecular weight is 235 g/mol. The van der Waals surface area contributed by atoms with Gasteiger partial charge >= 0.3 is 0 Å². The molecule has 1 saturated heterocycles. The number of halogens is 1. The molecule has 0 unspecified atom stereocenters. The van der Waals surface area contributed by atoms with Crippen molar-refractivity contribution in [3.05, 3.63) is 28.8 Å². The molecule has 1 heterocycles. The predicted octanol–water partition coefficient (Wildman–Crippen LogP) is 2.73. The molecule has 0 aromatic heterocycles. The lowest BCUT2D eigenvalue weighted by Gasteiger charge is -2.21. The molecule has 1 amide bonds. The van der Waals surface area contributed by atoms with Crippen LogP contribution in [0.4, 0.5) is 5.69 Å². The summed E-state index contributed by atoms with van der Waals surface area (Å²) in [7, 11) is 0. The number of hydrogen-bond donors (Lipinski definition) is 0. The molecule has 0 spiro atoms. The largest absolute Gasteiger partial charge is 0.310 e. The van der Waals surface area contributed by atoms with E-state index in [-0.39, 0.29) is 11.9 Å². The van der Waals surface area contributed by atoms with Crippen molar-refractivity contribution in [3.63, 3.8) is 0 Å². The van der Waals surface area contributed by atoms with Crippen molar-refractivity contribution in [2.75, 3.05) is 4.90 Å². The zero-order valence-electron chi connectivity index (χ0n) is 8.90. The van der Waals surface area contributed by atoms with Gasteiger partial charge in [-0.05, 0) is 31.5 Å². The van der Waals surface area contributed by atoms with E-state index in [1.165, 1.54) is 0 Å². The second-order valence-electron chi connectivity index (χ2n) is 3.93. The van der Waals surface area contributed by atoms with Gasteiger partial charge in [-0.1, -0.05) is 11.6 Å². The lowest BCUT2D eigenvalue weighted by molar-refractivity contribution is -0.117. The molecular weight excluding hydrogens is 224 g/mol. The monoisotopic (exact) mass is 234 g/mol. The number of nitrogens with zero attached hydrogens (tertiary/aromatic N) is 2. The summed E-state index contributed by atoms with van der Waals surface area (Å²) in [6.45, 7) is 2.01. The van der Waals surface area contributed by atoms with E-state index in [0.717, 1.165) is 12.1 Å². The van der Waals surface area contributed by atoms with Gasteiger partial charge in [0.25, 0.3) is 0 Å². The van der Waals surface area contributed by atoms with E-state index in [1.807, 2.05) is 13.0 Å². The number of anilines is 1. The van der Waals surface area contributed by atoms with Gasteiger partial charge in [0.2, 0.25) is 5.91 Å². The van der Waals surface area contributed by atoms with Gasteiger partial charge in [-0.3, -0.25) is 4.79 Å². The number of carbonyl (C=O) groups excluding carboxylic acids is 1. The molecule has 1 aromatic rings. The van der Waals surface area contributed by atoms with Crippen molar-refractivity contribution in [2.45, 2.75) is 25.8 Å². The zero-order chi connectivity index (χ0) is 11.7. The van der Waals surface area contributed by atoms with Crippen molar-refractivity contribution in [1.82, 2.24) is 0 Å². The fraction of sp³-hybridized carbons (Fsp3) is 0.333. The highest BCUT2D eigenvalue weighted by molar-refractivity contribution is 6.32. The molecule has 1 aromatic carbocycles. The van der Waals surface area contributed by atoms with Crippen LogP contribution < -0.4 is 4.90 Å². The summed E-state index contributed by atoms with van der Waals surface area (Å²) in [4.78, 5) is 13.4. The Hall–Kier alpha value is -1.53. The van der Waals surface area contributed by atoms with E-state index < -0.39 is 0 Å². The third-order valence-corrected chi connectivity index (χ3v) is 3.15. The van der Waals surface area contributed by atoms with Gasteiger partial charge in [0, 0.05) is 18.2 Å². The molecule has 1 fully saturated rings. The van der Waals surface area contributed by atoms with Gasteiger partial charge in [0.05, 0.1) is 10.6 Å². The molecule has 82 valence electrons. The normalized spacial score (nSPS) is 19.9. The highest BCUT2D eigenvalue weighted by atomic mass is 35.5. The van der Waals surface area contributed by atoms with Crippen molar-refractivity contribution >= 4 is 23.2 Å². The maximum absolute atomic E-state index is 11.7. The van der Waals surface area contributed by atoms with Gasteiger partial charge in [-0.2, -0.15) is 5.26 Å². The Morgan fingerprint density at radius 2 is 2.31 bits per heavy atom. The van der Waals surface area contributed by atoms with E-state index in [2.05, 4.69) is 0 Å². The van der Waals surface area contributed by atoms with Crippen LogP contribution in [0.15, 0.2) is 18.2 Å². The first-order valence-electron chi connectivity index (χ1n) is 5.15. The third kappa shape index (κ3) is 1.77. The van der Waals surface area contributed by atoms with Crippen molar-refractivity contribution in [2.24, 2.45) is 0 Å². The van der Waals surface area contributed by atoms with Gasteiger partial charge in [-0.15, -0.1) is 0 Å². The molecule has 1 aliphatic heterocycles. The van der Waals surface area contributed by atoms with Crippen LogP contribution in [0.3, 0.4) is 0 Å². The number of hydrogen-bond acceptors (Lipinski definition) is 2. The second kappa shape index (κ2) is 4.15. The first-order chi connectivity index (χ1) is 7.63. The third-order valence-electron chi connectivity index (χ3n) is 2.84. The summed E-state index contributed by atoms with van der Waals surface area (Å²) < 4.78 is 0. The van der Waals surface area contributed by atoms with Crippen molar-refractivity contribution in [3.8, 4) is 6.07 Å². The molecule has 0 bridgehead atoms. The van der Waals surface area contributed by atoms with Gasteiger partial charge in [-0.25, -0.2) is 0 Å². The smallest absolute Gasteiger partial charge is 0.227 e. The Kier molecular flexibility index (Phi) is 2.84. The first kappa shape index (κ1) is 11.0. The van der Waals surface area contributed by atoms with Crippen molar-refractivity contribution in [1.29, 1.82) is 5.26 Å². The number of nitriles is 1. The quantitative estimate of drug-likeness (QED) is 0.750. The Balaban J connectivity index is 2.38. The summed E-state index contributed by atoms with van der Waals surface area (Å²) in [5, 5.41) is 9.16. The topological polar surface area (TPSA) is 44.1 Å². The Morgan fingerprint density at radius 1 is 1.56 bits per heavy atom. The summed E-state index contributed by atoms with van der Waals surface area (Å²) in [5.41, 5.74) is 1.21. The van der Waals surface area contributed by atoms with Crippen LogP contribution in [0, 0.1) is 11.3 Å². The molecule has 2 rings (SSSR count). The fourth-order valence-electron chi connectivity index (χ4n) is 1.97. The highest BCUT2D eigenvalue weighted by Gasteiger charge is 2.28. The van der Waals surface area contributed by atoms with Gasteiger partial charge < -0.3 is 4.90 Å². The van der Waals surface area contributed by atoms with Crippen LogP contribution in [0.25, 0.3) is 0 Å². The molecule has 0 saturated carbocycles. The highest BCUT2D eigenvalue weighted by Crippen LogP contribution is 2.29. The summed E-state index contributed by atoms with van der Waals surface area (Å²) in [6, 6.07) is 7.30. The average Bonchev–Trinajstić information content (AvgIpc) is 2.58. The zero-order valence-corrected chi connectivity index (χ0v) is 9.66. The minimum atomic E-state index is 0.119. The molecule has 3 nitrogen and oxygen atoms in total. The van der Waals surface area contributed by atoms with E-state index in [4.69, 9.17) is 16.9 Å². The summed E-state index contributed by atoms with van der Waals surface area (Å²) >= 11 is 5.94. The molecule has 0 aliphatic carbocycles. The Morgan fingerprint density at radius 3 is 2.81 bits per heavy atom. The van der Waals surface area contributed by atoms with Crippen LogP contribution in [-0.4, -0.2) is 11.9 Å². The van der Waals surface area contributed by atoms with E-state index in [0.29, 0.717) is 17.0 Å². The number of amides is 1. The number of benzene rings is 1. The van der Waals surface area contributed by atoms with Crippen molar-refractivity contribution < 1.29 is 4.79 Å². The standard InChI is InChI=1S/C12H11ClN2O/c1-8-2-5-12(16)15(8)10-4-3-9(7-14)11(13)6-10/h3-4,6,8H,2,5H2,1H3/t8-/m0/s1. The van der Waals surface area contributed by atoms with Crippen LogP contribution in [-0.2, 0) is 4.79 Å². The van der Waals surface area contributed by atoms with Crippen LogP contribution in [0.5, 0.6) is 0 Å². The lowest BCUT2D eigenvalue weighted by Crippen LogP contribution is -2.30. The van der Waals surface area contributed by atoms with Crippen LogP contribution in [0.1, 0.15) is 25.3 Å². The maximum Gasteiger partial charge on any atom is 0.227 e. The lowest BCUT2D eigenvalue weighted by atomic mass is 10.2. The molecule has 1 atom stereocenters. The molecular formula is C12H11ClN2O. The van der Waals surface area contributed by atoms with E-state index >= 15 is 0 Å². The summed E-state index contributed by atoms with van der Waals surface area (Å²) in [5.74, 6) is 0.119. The predicted molar refractivity (Wildman–Crippen MR) is 62.3 cm³/mol. The fourth-order valence-corrected chi connectivity index (χ4v) is 2.19. The van der Waals surface area contributed by atoms with Crippen LogP contribution >= 0.6 is 11.6 Å². The van der Waals surface area contributed by atoms with E-state index in [1.54, 1.807) is 23.1 Å². The minimum Gasteiger partial charge on any atom is -0.310 e. The molecule has 0 radical (unpaired) electrons. The van der Waals surface area contributed by atoms with Crippen LogP contribution in [0.2, 0.25) is 5.02 Å². The number of rotatable bonds is 1.